The number of Topliss-reactive ketones (excluding diaryl/α,β-unsaturated/α-hetero) is 1. The lowest BCUT2D eigenvalue weighted by Gasteiger charge is -2.05. The minimum atomic E-state index is -0.362. The first-order valence-corrected chi connectivity index (χ1v) is 7.52. The standard InChI is InChI=1S/C14H27N3O4/c1-2-21-14(20)15-9-7-5-3-4-6-8-13(19)12-17-16-10-11-18/h11,16-17H,2-10,12H2,1H3,(H,15,20). The lowest BCUT2D eigenvalue weighted by molar-refractivity contribution is -0.118. The first-order chi connectivity index (χ1) is 10.2. The van der Waals surface area contributed by atoms with E-state index in [2.05, 4.69) is 16.2 Å². The van der Waals surface area contributed by atoms with E-state index in [4.69, 9.17) is 4.74 Å². The van der Waals surface area contributed by atoms with Crippen molar-refractivity contribution in [2.45, 2.75) is 45.4 Å². The highest BCUT2D eigenvalue weighted by molar-refractivity contribution is 5.80. The molecule has 0 saturated carbocycles. The molecule has 0 fully saturated rings. The molecular weight excluding hydrogens is 274 g/mol. The van der Waals surface area contributed by atoms with Gasteiger partial charge >= 0.3 is 6.09 Å². The molecule has 0 unspecified atom stereocenters. The molecule has 0 aliphatic heterocycles. The Kier molecular flexibility index (Phi) is 13.9. The summed E-state index contributed by atoms with van der Waals surface area (Å²) in [6.07, 6.45) is 5.80. The Morgan fingerprint density at radius 3 is 2.48 bits per heavy atom. The molecule has 0 spiro atoms. The number of nitrogens with one attached hydrogen (secondary N) is 3. The topological polar surface area (TPSA) is 96.5 Å². The second-order valence-electron chi connectivity index (χ2n) is 4.60. The Hall–Kier alpha value is -1.47. The monoisotopic (exact) mass is 301 g/mol. The van der Waals surface area contributed by atoms with E-state index in [0.717, 1.165) is 38.4 Å². The van der Waals surface area contributed by atoms with Crippen LogP contribution in [0, 0.1) is 0 Å². The molecule has 0 aromatic rings. The van der Waals surface area contributed by atoms with E-state index in [1.54, 1.807) is 6.92 Å². The van der Waals surface area contributed by atoms with Crippen LogP contribution in [0.15, 0.2) is 0 Å². The fourth-order valence-electron chi connectivity index (χ4n) is 1.71. The van der Waals surface area contributed by atoms with Crippen LogP contribution in [0.25, 0.3) is 0 Å². The lowest BCUT2D eigenvalue weighted by atomic mass is 10.1. The number of hydrogen-bond donors (Lipinski definition) is 3. The number of ketones is 1. The van der Waals surface area contributed by atoms with Gasteiger partial charge in [0.1, 0.15) is 12.1 Å². The number of unbranched alkanes of at least 4 members (excludes halogenated alkanes) is 4. The molecule has 7 heteroatoms. The highest BCUT2D eigenvalue weighted by atomic mass is 16.5. The number of ether oxygens (including phenoxy) is 1. The van der Waals surface area contributed by atoms with Crippen molar-refractivity contribution in [2.75, 3.05) is 26.2 Å². The summed E-state index contributed by atoms with van der Waals surface area (Å²) in [4.78, 5) is 32.4. The van der Waals surface area contributed by atoms with E-state index in [1.165, 1.54) is 0 Å². The maximum absolute atomic E-state index is 11.4. The van der Waals surface area contributed by atoms with Gasteiger partial charge in [-0.15, -0.1) is 0 Å². The van der Waals surface area contributed by atoms with Gasteiger partial charge in [-0.05, 0) is 19.8 Å². The molecule has 0 rings (SSSR count). The summed E-state index contributed by atoms with van der Waals surface area (Å²) in [5.41, 5.74) is 5.32. The second-order valence-corrected chi connectivity index (χ2v) is 4.60. The lowest BCUT2D eigenvalue weighted by Crippen LogP contribution is -2.37. The molecule has 0 heterocycles. The third-order valence-electron chi connectivity index (χ3n) is 2.77. The van der Waals surface area contributed by atoms with Crippen LogP contribution in [-0.2, 0) is 14.3 Å². The first kappa shape index (κ1) is 19.5. The molecule has 122 valence electrons. The maximum Gasteiger partial charge on any atom is 0.407 e. The Labute approximate surface area is 126 Å². The van der Waals surface area contributed by atoms with Crippen LogP contribution in [0.2, 0.25) is 0 Å². The average Bonchev–Trinajstić information content (AvgIpc) is 2.46. The van der Waals surface area contributed by atoms with Crippen molar-refractivity contribution < 1.29 is 19.1 Å². The normalized spacial score (nSPS) is 10.1. The van der Waals surface area contributed by atoms with Gasteiger partial charge in [-0.25, -0.2) is 4.79 Å². The van der Waals surface area contributed by atoms with Crippen LogP contribution in [0.4, 0.5) is 4.79 Å². The summed E-state index contributed by atoms with van der Waals surface area (Å²) in [6.45, 7) is 3.24. The second kappa shape index (κ2) is 14.9. The highest BCUT2D eigenvalue weighted by Crippen LogP contribution is 2.05. The van der Waals surface area contributed by atoms with Gasteiger partial charge in [0.25, 0.3) is 0 Å². The smallest absolute Gasteiger partial charge is 0.407 e. The van der Waals surface area contributed by atoms with Gasteiger partial charge in [-0.3, -0.25) is 15.6 Å². The van der Waals surface area contributed by atoms with Gasteiger partial charge in [0, 0.05) is 13.0 Å². The molecule has 21 heavy (non-hydrogen) atoms. The third kappa shape index (κ3) is 14.7. The number of amides is 1. The van der Waals surface area contributed by atoms with Gasteiger partial charge < -0.3 is 14.8 Å². The van der Waals surface area contributed by atoms with E-state index in [-0.39, 0.29) is 25.0 Å². The molecule has 3 N–H and O–H groups in total. The number of hydrogen-bond acceptors (Lipinski definition) is 6. The summed E-state index contributed by atoms with van der Waals surface area (Å²) in [7, 11) is 0. The van der Waals surface area contributed by atoms with Gasteiger partial charge in [0.15, 0.2) is 0 Å². The van der Waals surface area contributed by atoms with Crippen molar-refractivity contribution in [3.63, 3.8) is 0 Å². The van der Waals surface area contributed by atoms with E-state index in [9.17, 15) is 14.4 Å². The minimum Gasteiger partial charge on any atom is -0.450 e. The molecule has 0 radical (unpaired) electrons. The number of hydrazine groups is 1. The number of carbonyl (C=O) groups excluding carboxylic acids is 3. The van der Waals surface area contributed by atoms with Gasteiger partial charge in [0.2, 0.25) is 0 Å². The number of alkyl carbamates (subject to hydrolysis) is 1. The van der Waals surface area contributed by atoms with E-state index < -0.39 is 0 Å². The average molecular weight is 301 g/mol. The molecule has 0 atom stereocenters. The van der Waals surface area contributed by atoms with Crippen LogP contribution in [0.5, 0.6) is 0 Å². The zero-order valence-corrected chi connectivity index (χ0v) is 12.8. The van der Waals surface area contributed by atoms with Crippen molar-refractivity contribution in [1.82, 2.24) is 16.2 Å². The van der Waals surface area contributed by atoms with Crippen molar-refractivity contribution in [2.24, 2.45) is 0 Å². The van der Waals surface area contributed by atoms with Crippen LogP contribution in [0.1, 0.15) is 45.4 Å². The maximum atomic E-state index is 11.4. The quantitative estimate of drug-likeness (QED) is 0.251. The van der Waals surface area contributed by atoms with Crippen molar-refractivity contribution in [3.8, 4) is 0 Å². The molecule has 0 aromatic carbocycles. The minimum absolute atomic E-state index is 0.136. The summed E-state index contributed by atoms with van der Waals surface area (Å²) < 4.78 is 4.74. The van der Waals surface area contributed by atoms with Crippen molar-refractivity contribution in [1.29, 1.82) is 0 Å². The largest absolute Gasteiger partial charge is 0.450 e. The van der Waals surface area contributed by atoms with E-state index in [0.29, 0.717) is 19.6 Å². The van der Waals surface area contributed by atoms with Gasteiger partial charge in [-0.2, -0.15) is 0 Å². The van der Waals surface area contributed by atoms with Crippen molar-refractivity contribution >= 4 is 18.2 Å². The molecular formula is C14H27N3O4. The first-order valence-electron chi connectivity index (χ1n) is 7.52. The molecule has 0 aliphatic carbocycles. The Balaban J connectivity index is 3.22. The zero-order chi connectivity index (χ0) is 15.8. The van der Waals surface area contributed by atoms with Crippen LogP contribution in [0.3, 0.4) is 0 Å². The molecule has 0 aliphatic rings. The summed E-state index contributed by atoms with van der Waals surface area (Å²) in [5, 5.41) is 2.67. The predicted molar refractivity (Wildman–Crippen MR) is 79.8 cm³/mol. The summed E-state index contributed by atoms with van der Waals surface area (Å²) in [6, 6.07) is 0. The third-order valence-corrected chi connectivity index (χ3v) is 2.77. The number of aldehydes is 1. The van der Waals surface area contributed by atoms with Crippen LogP contribution >= 0.6 is 0 Å². The Bertz CT molecular complexity index is 298. The Morgan fingerprint density at radius 2 is 1.76 bits per heavy atom. The van der Waals surface area contributed by atoms with E-state index in [1.807, 2.05) is 0 Å². The fraction of sp³-hybridized carbons (Fsp3) is 0.786. The highest BCUT2D eigenvalue weighted by Gasteiger charge is 2.01. The van der Waals surface area contributed by atoms with Gasteiger partial charge in [-0.1, -0.05) is 19.3 Å². The van der Waals surface area contributed by atoms with Crippen LogP contribution in [-0.4, -0.2) is 44.4 Å². The Morgan fingerprint density at radius 1 is 1.05 bits per heavy atom. The van der Waals surface area contributed by atoms with E-state index >= 15 is 0 Å². The SMILES string of the molecule is CCOC(=O)NCCCCCCCC(=O)CNNCC=O. The van der Waals surface area contributed by atoms with Gasteiger partial charge in [0.05, 0.1) is 19.7 Å². The number of carbonyl (C=O) groups is 3. The zero-order valence-electron chi connectivity index (χ0n) is 12.8. The molecule has 7 nitrogen and oxygen atoms in total. The molecule has 0 bridgehead atoms. The summed E-state index contributed by atoms with van der Waals surface area (Å²) in [5.74, 6) is 0.136. The number of rotatable bonds is 14. The predicted octanol–water partition coefficient (Wildman–Crippen LogP) is 0.935. The molecule has 0 aromatic heterocycles. The molecule has 0 saturated heterocycles. The van der Waals surface area contributed by atoms with Crippen LogP contribution < -0.4 is 16.2 Å². The summed E-state index contributed by atoms with van der Waals surface area (Å²) >= 11 is 0. The van der Waals surface area contributed by atoms with Crippen molar-refractivity contribution in [3.05, 3.63) is 0 Å². The fourth-order valence-corrected chi connectivity index (χ4v) is 1.71. The molecule has 1 amide bonds.